The van der Waals surface area contributed by atoms with Crippen LogP contribution in [-0.2, 0) is 29.6 Å². The molecule has 4 aromatic rings. The van der Waals surface area contributed by atoms with Gasteiger partial charge in [0.15, 0.2) is 0 Å². The molecule has 0 aliphatic carbocycles. The minimum Gasteiger partial charge on any atom is -0.497 e. The van der Waals surface area contributed by atoms with Crippen molar-refractivity contribution in [2.45, 2.75) is 37.6 Å². The van der Waals surface area contributed by atoms with Crippen LogP contribution in [0.3, 0.4) is 0 Å². The van der Waals surface area contributed by atoms with Crippen LogP contribution < -0.4 is 10.1 Å². The van der Waals surface area contributed by atoms with Gasteiger partial charge in [0.25, 0.3) is 5.91 Å². The molecular formula is C33H36N4O5. The molecule has 3 atom stereocenters. The van der Waals surface area contributed by atoms with Crippen molar-refractivity contribution in [2.24, 2.45) is 7.05 Å². The number of β-amino-alcohol motifs (C(OH)–C–C–N with tert-alkyl or cyclic N) is 1. The lowest BCUT2D eigenvalue weighted by molar-refractivity contribution is -0.136. The highest BCUT2D eigenvalue weighted by atomic mass is 16.5. The van der Waals surface area contributed by atoms with Gasteiger partial charge in [-0.05, 0) is 29.3 Å². The average molecular weight is 569 g/mol. The molecule has 3 aromatic carbocycles. The van der Waals surface area contributed by atoms with Gasteiger partial charge in [-0.2, -0.15) is 0 Å². The summed E-state index contributed by atoms with van der Waals surface area (Å²) in [5, 5.41) is 14.3. The van der Waals surface area contributed by atoms with Crippen LogP contribution in [0.4, 0.5) is 0 Å². The van der Waals surface area contributed by atoms with Gasteiger partial charge >= 0.3 is 0 Å². The summed E-state index contributed by atoms with van der Waals surface area (Å²) in [7, 11) is 5.16. The Hall–Kier alpha value is -4.63. The summed E-state index contributed by atoms with van der Waals surface area (Å²) in [6.45, 7) is 0.410. The summed E-state index contributed by atoms with van der Waals surface area (Å²) in [4.78, 5) is 44.3. The number of likely N-dealkylation sites (N-methyl/N-ethyl adjacent to an activating group) is 1. The maximum Gasteiger partial charge on any atom is 0.256 e. The molecule has 2 heterocycles. The lowest BCUT2D eigenvalue weighted by Gasteiger charge is -2.28. The fourth-order valence-corrected chi connectivity index (χ4v) is 5.62. The number of fused-ring (bicyclic) bond motifs is 1. The van der Waals surface area contributed by atoms with Crippen molar-refractivity contribution >= 4 is 28.6 Å². The molecule has 218 valence electrons. The maximum atomic E-state index is 13.8. The standard InChI is InChI=1S/C33H36N4O5/c1-35-21-27(26-11-7-8-12-29(26)35)32(40)37-20-24(38)18-30(37)31(39)34-28(17-22-13-15-25(42-3)16-14-22)33(41)36(2)19-23-9-5-4-6-10-23/h4-16,21,24,28,30,38H,17-20H2,1-3H3,(H,34,39)/t24-,28-,30?/m1/s1. The van der Waals surface area contributed by atoms with E-state index in [1.807, 2.05) is 90.5 Å². The molecular weight excluding hydrogens is 532 g/mol. The van der Waals surface area contributed by atoms with Crippen molar-refractivity contribution < 1.29 is 24.2 Å². The minimum atomic E-state index is -0.919. The first-order valence-electron chi connectivity index (χ1n) is 14.0. The summed E-state index contributed by atoms with van der Waals surface area (Å²) in [5.74, 6) is -0.370. The van der Waals surface area contributed by atoms with Crippen LogP contribution in [0.15, 0.2) is 85.1 Å². The molecule has 42 heavy (non-hydrogen) atoms. The molecule has 1 aliphatic heterocycles. The van der Waals surface area contributed by atoms with Gasteiger partial charge in [0, 0.05) is 57.1 Å². The highest BCUT2D eigenvalue weighted by Gasteiger charge is 2.41. The van der Waals surface area contributed by atoms with E-state index in [9.17, 15) is 19.5 Å². The number of nitrogens with one attached hydrogen (secondary N) is 1. The first-order chi connectivity index (χ1) is 20.2. The number of aliphatic hydroxyl groups excluding tert-OH is 1. The number of amides is 3. The predicted octanol–water partition coefficient (Wildman–Crippen LogP) is 3.15. The number of aliphatic hydroxyl groups is 1. The molecule has 0 spiro atoms. The number of rotatable bonds is 9. The zero-order valence-corrected chi connectivity index (χ0v) is 24.1. The Morgan fingerprint density at radius 1 is 1.00 bits per heavy atom. The number of carbonyl (C=O) groups excluding carboxylic acids is 3. The van der Waals surface area contributed by atoms with Crippen molar-refractivity contribution in [3.63, 3.8) is 0 Å². The Kier molecular flexibility index (Phi) is 8.59. The van der Waals surface area contributed by atoms with Crippen LogP contribution in [0, 0.1) is 0 Å². The number of aryl methyl sites for hydroxylation is 1. The fourth-order valence-electron chi connectivity index (χ4n) is 5.62. The van der Waals surface area contributed by atoms with Crippen LogP contribution in [0.2, 0.25) is 0 Å². The summed E-state index contributed by atoms with van der Waals surface area (Å²) in [5.41, 5.74) is 3.17. The Morgan fingerprint density at radius 3 is 2.40 bits per heavy atom. The lowest BCUT2D eigenvalue weighted by Crippen LogP contribution is -2.54. The number of methoxy groups -OCH3 is 1. The van der Waals surface area contributed by atoms with E-state index in [1.165, 1.54) is 4.90 Å². The smallest absolute Gasteiger partial charge is 0.256 e. The average Bonchev–Trinajstić information content (AvgIpc) is 3.57. The molecule has 1 aromatic heterocycles. The van der Waals surface area contributed by atoms with Gasteiger partial charge < -0.3 is 29.5 Å². The molecule has 2 N–H and O–H groups in total. The van der Waals surface area contributed by atoms with E-state index in [1.54, 1.807) is 25.3 Å². The largest absolute Gasteiger partial charge is 0.497 e. The van der Waals surface area contributed by atoms with Crippen molar-refractivity contribution in [3.8, 4) is 5.75 Å². The number of hydrogen-bond acceptors (Lipinski definition) is 5. The number of para-hydroxylation sites is 1. The number of ether oxygens (including phenoxy) is 1. The number of nitrogens with zero attached hydrogens (tertiary/aromatic N) is 3. The van der Waals surface area contributed by atoms with Crippen LogP contribution in [-0.4, -0.2) is 76.1 Å². The van der Waals surface area contributed by atoms with Gasteiger partial charge in [-0.15, -0.1) is 0 Å². The number of carbonyl (C=O) groups is 3. The summed E-state index contributed by atoms with van der Waals surface area (Å²) in [6, 6.07) is 22.7. The quantitative estimate of drug-likeness (QED) is 0.323. The lowest BCUT2D eigenvalue weighted by atomic mass is 10.0. The summed E-state index contributed by atoms with van der Waals surface area (Å²) in [6.07, 6.45) is 1.24. The number of benzene rings is 3. The van der Waals surface area contributed by atoms with Crippen LogP contribution in [0.1, 0.15) is 27.9 Å². The number of aromatic nitrogens is 1. The summed E-state index contributed by atoms with van der Waals surface area (Å²) >= 11 is 0. The molecule has 5 rings (SSSR count). The second-order valence-corrected chi connectivity index (χ2v) is 10.8. The van der Waals surface area contributed by atoms with Gasteiger partial charge in [-0.1, -0.05) is 60.7 Å². The van der Waals surface area contributed by atoms with Gasteiger partial charge in [0.2, 0.25) is 11.8 Å². The highest BCUT2D eigenvalue weighted by molar-refractivity contribution is 6.08. The Morgan fingerprint density at radius 2 is 1.69 bits per heavy atom. The highest BCUT2D eigenvalue weighted by Crippen LogP contribution is 2.27. The van der Waals surface area contributed by atoms with Crippen molar-refractivity contribution in [1.82, 2.24) is 19.7 Å². The SMILES string of the molecule is COc1ccc(C[C@@H](NC(=O)C2C[C@@H](O)CN2C(=O)c2cn(C)c3ccccc23)C(=O)N(C)Cc2ccccc2)cc1. The normalized spacial score (nSPS) is 17.2. The van der Waals surface area contributed by atoms with E-state index in [2.05, 4.69) is 5.32 Å². The predicted molar refractivity (Wildman–Crippen MR) is 160 cm³/mol. The molecule has 3 amide bonds. The van der Waals surface area contributed by atoms with Gasteiger partial charge in [-0.25, -0.2) is 0 Å². The second-order valence-electron chi connectivity index (χ2n) is 10.8. The molecule has 1 saturated heterocycles. The third kappa shape index (κ3) is 6.16. The van der Waals surface area contributed by atoms with E-state index < -0.39 is 24.1 Å². The molecule has 0 bridgehead atoms. The maximum absolute atomic E-state index is 13.8. The third-order valence-corrected chi connectivity index (χ3v) is 7.82. The molecule has 1 fully saturated rings. The molecule has 0 saturated carbocycles. The first kappa shape index (κ1) is 28.9. The Labute approximate surface area is 245 Å². The summed E-state index contributed by atoms with van der Waals surface area (Å²) < 4.78 is 7.13. The molecule has 9 nitrogen and oxygen atoms in total. The fraction of sp³-hybridized carbons (Fsp3) is 0.303. The van der Waals surface area contributed by atoms with Crippen LogP contribution in [0.5, 0.6) is 5.75 Å². The van der Waals surface area contributed by atoms with Gasteiger partial charge in [-0.3, -0.25) is 14.4 Å². The van der Waals surface area contributed by atoms with Gasteiger partial charge in [0.05, 0.1) is 18.8 Å². The molecule has 9 heteroatoms. The van der Waals surface area contributed by atoms with Crippen LogP contribution in [0.25, 0.3) is 10.9 Å². The zero-order valence-electron chi connectivity index (χ0n) is 24.1. The molecule has 0 radical (unpaired) electrons. The van der Waals surface area contributed by atoms with E-state index in [-0.39, 0.29) is 31.2 Å². The Bertz CT molecular complexity index is 1570. The van der Waals surface area contributed by atoms with E-state index in [0.29, 0.717) is 17.9 Å². The second kappa shape index (κ2) is 12.5. The molecule has 1 unspecified atom stereocenters. The number of hydrogen-bond donors (Lipinski definition) is 2. The van der Waals surface area contributed by atoms with E-state index >= 15 is 0 Å². The monoisotopic (exact) mass is 568 g/mol. The van der Waals surface area contributed by atoms with E-state index in [0.717, 1.165) is 22.0 Å². The van der Waals surface area contributed by atoms with Crippen molar-refractivity contribution in [2.75, 3.05) is 20.7 Å². The minimum absolute atomic E-state index is 0.0329. The van der Waals surface area contributed by atoms with Gasteiger partial charge in [0.1, 0.15) is 17.8 Å². The topological polar surface area (TPSA) is 104 Å². The zero-order chi connectivity index (χ0) is 29.8. The van der Waals surface area contributed by atoms with Crippen molar-refractivity contribution in [1.29, 1.82) is 0 Å². The third-order valence-electron chi connectivity index (χ3n) is 7.82. The number of likely N-dealkylation sites (tertiary alicyclic amines) is 1. The first-order valence-corrected chi connectivity index (χ1v) is 14.0. The van der Waals surface area contributed by atoms with Crippen LogP contribution >= 0.6 is 0 Å². The molecule has 1 aliphatic rings. The van der Waals surface area contributed by atoms with Crippen molar-refractivity contribution in [3.05, 3.63) is 102 Å². The Balaban J connectivity index is 1.38. The van der Waals surface area contributed by atoms with E-state index in [4.69, 9.17) is 4.74 Å².